The summed E-state index contributed by atoms with van der Waals surface area (Å²) in [5.41, 5.74) is 16.0. The maximum atomic E-state index is 12.9. The van der Waals surface area contributed by atoms with Crippen molar-refractivity contribution >= 4 is 41.5 Å². The van der Waals surface area contributed by atoms with Crippen LogP contribution in [0.5, 0.6) is 0 Å². The lowest BCUT2D eigenvalue weighted by atomic mass is 10.1. The molecule has 12 N–H and O–H groups in total. The van der Waals surface area contributed by atoms with Crippen molar-refractivity contribution in [2.45, 2.75) is 57.2 Å². The lowest BCUT2D eigenvalue weighted by Gasteiger charge is -2.27. The molecule has 3 atom stereocenters. The van der Waals surface area contributed by atoms with Crippen LogP contribution in [0, 0.1) is 0 Å². The number of hydrogen-bond acceptors (Lipinski definition) is 9. The summed E-state index contributed by atoms with van der Waals surface area (Å²) in [6.07, 6.45) is 1.45. The smallest absolute Gasteiger partial charge is 0.326 e. The molecule has 0 radical (unpaired) electrons. The summed E-state index contributed by atoms with van der Waals surface area (Å²) >= 11 is 0. The summed E-state index contributed by atoms with van der Waals surface area (Å²) in [5.74, 6) is -4.46. The third-order valence-corrected chi connectivity index (χ3v) is 5.39. The number of aliphatic hydroxyl groups is 1. The molecule has 0 heterocycles. The lowest BCUT2D eigenvalue weighted by Crippen LogP contribution is -2.53. The number of amides is 5. The number of rotatable bonds is 19. The highest BCUT2D eigenvalue weighted by atomic mass is 16.4. The molecule has 0 unspecified atom stereocenters. The molecule has 0 aliphatic heterocycles. The van der Waals surface area contributed by atoms with Gasteiger partial charge in [-0.15, -0.1) is 0 Å². The fourth-order valence-corrected chi connectivity index (χ4v) is 3.19. The van der Waals surface area contributed by atoms with E-state index in [1.807, 2.05) is 0 Å². The fourth-order valence-electron chi connectivity index (χ4n) is 3.19. The van der Waals surface area contributed by atoms with Gasteiger partial charge in [-0.05, 0) is 32.1 Å². The monoisotopic (exact) mass is 559 g/mol. The van der Waals surface area contributed by atoms with Crippen LogP contribution in [-0.4, -0.2) is 115 Å². The van der Waals surface area contributed by atoms with E-state index in [9.17, 15) is 33.9 Å². The largest absolute Gasteiger partial charge is 0.480 e. The van der Waals surface area contributed by atoms with E-state index in [0.717, 1.165) is 4.90 Å². The summed E-state index contributed by atoms with van der Waals surface area (Å²) in [5, 5.41) is 27.9. The van der Waals surface area contributed by atoms with Crippen LogP contribution >= 0.6 is 0 Å². The molecular weight excluding hydrogens is 518 g/mol. The summed E-state index contributed by atoms with van der Waals surface area (Å²) in [7, 11) is 1.33. The molecule has 0 aromatic heterocycles. The number of carboxylic acid groups (broad SMARTS) is 1. The van der Waals surface area contributed by atoms with Gasteiger partial charge in [-0.1, -0.05) is 0 Å². The van der Waals surface area contributed by atoms with E-state index in [0.29, 0.717) is 25.8 Å². The number of carbonyl (C=O) groups excluding carboxylic acids is 5. The third kappa shape index (κ3) is 15.8. The van der Waals surface area contributed by atoms with Crippen molar-refractivity contribution < 1.29 is 39.0 Å². The van der Waals surface area contributed by atoms with Crippen molar-refractivity contribution in [1.82, 2.24) is 26.2 Å². The molecule has 17 nitrogen and oxygen atoms in total. The standard InChI is InChI=1S/C22H41N9O8/c1-13(33)26-8-4-3-6-15(21(38)39)30-17(34)10-28-20(37)16(7-5-9-27-22(24)25)31(2)18(35)11-29-19(36)14(23)12-32/h14-16,32H,3-12,23H2,1-2H3,(H,26,33)(H,28,37)(H,29,36)(H,30,34)(H,38,39)(H4,24,25,27)/t14-,15-,16-/m0/s1. The Hall–Kier alpha value is -3.99. The number of guanidine groups is 1. The number of aliphatic hydroxyl groups excluding tert-OH is 1. The predicted octanol–water partition coefficient (Wildman–Crippen LogP) is -4.71. The van der Waals surface area contributed by atoms with E-state index < -0.39 is 67.4 Å². The predicted molar refractivity (Wildman–Crippen MR) is 140 cm³/mol. The number of aliphatic carboxylic acids is 1. The molecule has 0 aromatic carbocycles. The van der Waals surface area contributed by atoms with Gasteiger partial charge in [0, 0.05) is 27.1 Å². The molecule has 17 heteroatoms. The molecule has 0 bridgehead atoms. The van der Waals surface area contributed by atoms with Gasteiger partial charge in [0.2, 0.25) is 29.5 Å². The van der Waals surface area contributed by atoms with E-state index in [-0.39, 0.29) is 31.3 Å². The van der Waals surface area contributed by atoms with Gasteiger partial charge < -0.3 is 53.6 Å². The van der Waals surface area contributed by atoms with Gasteiger partial charge in [0.1, 0.15) is 18.1 Å². The van der Waals surface area contributed by atoms with Gasteiger partial charge in [-0.3, -0.25) is 29.0 Å². The van der Waals surface area contributed by atoms with Crippen molar-refractivity contribution in [2.75, 3.05) is 39.8 Å². The van der Waals surface area contributed by atoms with Crippen LogP contribution in [0.1, 0.15) is 39.0 Å². The fraction of sp³-hybridized carbons (Fsp3) is 0.682. The van der Waals surface area contributed by atoms with Crippen molar-refractivity contribution in [1.29, 1.82) is 0 Å². The number of nitrogens with one attached hydrogen (secondary N) is 4. The normalized spacial score (nSPS) is 12.7. The first-order valence-corrected chi connectivity index (χ1v) is 12.3. The maximum Gasteiger partial charge on any atom is 0.326 e. The zero-order valence-electron chi connectivity index (χ0n) is 22.3. The second kappa shape index (κ2) is 19.1. The van der Waals surface area contributed by atoms with E-state index in [4.69, 9.17) is 22.3 Å². The van der Waals surface area contributed by atoms with Crippen LogP contribution in [0.4, 0.5) is 0 Å². The molecule has 0 fully saturated rings. The van der Waals surface area contributed by atoms with Crippen LogP contribution in [-0.2, 0) is 28.8 Å². The average Bonchev–Trinajstić information content (AvgIpc) is 2.87. The quantitative estimate of drug-likeness (QED) is 0.0411. The Kier molecular flexibility index (Phi) is 17.2. The Morgan fingerprint density at radius 2 is 1.56 bits per heavy atom. The van der Waals surface area contributed by atoms with Gasteiger partial charge in [0.05, 0.1) is 19.7 Å². The zero-order valence-corrected chi connectivity index (χ0v) is 22.3. The zero-order chi connectivity index (χ0) is 30.0. The summed E-state index contributed by atoms with van der Waals surface area (Å²) in [6.45, 7) is 0.239. The van der Waals surface area contributed by atoms with Gasteiger partial charge in [-0.2, -0.15) is 0 Å². The van der Waals surface area contributed by atoms with E-state index >= 15 is 0 Å². The molecule has 0 saturated heterocycles. The van der Waals surface area contributed by atoms with Gasteiger partial charge in [0.25, 0.3) is 0 Å². The Morgan fingerprint density at radius 3 is 2.13 bits per heavy atom. The van der Waals surface area contributed by atoms with Crippen molar-refractivity contribution in [3.8, 4) is 0 Å². The number of carboxylic acids is 1. The minimum Gasteiger partial charge on any atom is -0.480 e. The molecule has 0 rings (SSSR count). The third-order valence-electron chi connectivity index (χ3n) is 5.39. The highest BCUT2D eigenvalue weighted by Crippen LogP contribution is 2.07. The van der Waals surface area contributed by atoms with Crippen LogP contribution in [0.25, 0.3) is 0 Å². The Labute approximate surface area is 226 Å². The number of likely N-dealkylation sites (N-methyl/N-ethyl adjacent to an activating group) is 1. The van der Waals surface area contributed by atoms with Crippen LogP contribution < -0.4 is 38.5 Å². The van der Waals surface area contributed by atoms with Crippen LogP contribution in [0.2, 0.25) is 0 Å². The molecule has 222 valence electrons. The molecule has 39 heavy (non-hydrogen) atoms. The first kappa shape index (κ1) is 35.0. The number of hydrogen-bond donors (Lipinski definition) is 9. The molecule has 0 aliphatic carbocycles. The minimum atomic E-state index is -1.25. The molecule has 0 spiro atoms. The molecule has 0 aliphatic rings. The Morgan fingerprint density at radius 1 is 0.923 bits per heavy atom. The highest BCUT2D eigenvalue weighted by molar-refractivity contribution is 5.93. The highest BCUT2D eigenvalue weighted by Gasteiger charge is 2.28. The molecule has 0 aromatic rings. The van der Waals surface area contributed by atoms with E-state index in [2.05, 4.69) is 26.3 Å². The van der Waals surface area contributed by atoms with E-state index in [1.54, 1.807) is 0 Å². The van der Waals surface area contributed by atoms with Gasteiger partial charge >= 0.3 is 5.97 Å². The molecular formula is C22H41N9O8. The van der Waals surface area contributed by atoms with Crippen molar-refractivity contribution in [3.05, 3.63) is 0 Å². The topological polar surface area (TPSA) is 285 Å². The van der Waals surface area contributed by atoms with Gasteiger partial charge in [0.15, 0.2) is 5.96 Å². The summed E-state index contributed by atoms with van der Waals surface area (Å²) in [4.78, 5) is 76.8. The number of unbranched alkanes of at least 4 members (excludes halogenated alkanes) is 1. The lowest BCUT2D eigenvalue weighted by molar-refractivity contribution is -0.142. The first-order chi connectivity index (χ1) is 18.3. The number of carbonyl (C=O) groups is 6. The van der Waals surface area contributed by atoms with Crippen molar-refractivity contribution in [2.24, 2.45) is 22.2 Å². The average molecular weight is 560 g/mol. The van der Waals surface area contributed by atoms with Gasteiger partial charge in [-0.25, -0.2) is 4.79 Å². The van der Waals surface area contributed by atoms with Crippen LogP contribution in [0.3, 0.4) is 0 Å². The summed E-state index contributed by atoms with van der Waals surface area (Å²) < 4.78 is 0. The summed E-state index contributed by atoms with van der Waals surface area (Å²) in [6, 6.07) is -3.49. The molecule has 5 amide bonds. The second-order valence-electron chi connectivity index (χ2n) is 8.63. The second-order valence-corrected chi connectivity index (χ2v) is 8.63. The van der Waals surface area contributed by atoms with Crippen molar-refractivity contribution in [3.63, 3.8) is 0 Å². The SMILES string of the molecule is CC(=O)NCCCC[C@H](NC(=O)CNC(=O)[C@H](CCCN=C(N)N)N(C)C(=O)CNC(=O)[C@@H](N)CO)C(=O)O. The molecule has 0 saturated carbocycles. The first-order valence-electron chi connectivity index (χ1n) is 12.3. The van der Waals surface area contributed by atoms with Crippen LogP contribution in [0.15, 0.2) is 4.99 Å². The number of nitrogens with two attached hydrogens (primary N) is 3. The Balaban J connectivity index is 5.07. The minimum absolute atomic E-state index is 0.0998. The number of aliphatic imine (C=N–C) groups is 1. The van der Waals surface area contributed by atoms with E-state index in [1.165, 1.54) is 14.0 Å². The number of nitrogens with zero attached hydrogens (tertiary/aromatic N) is 2. The maximum absolute atomic E-state index is 12.9. The Bertz CT molecular complexity index is 880.